The molecule has 0 spiro atoms. The number of aliphatic hydroxyl groups is 1. The monoisotopic (exact) mass is 248 g/mol. The van der Waals surface area contributed by atoms with E-state index in [1.165, 1.54) is 0 Å². The Morgan fingerprint density at radius 3 is 2.50 bits per heavy atom. The molecule has 0 aromatic carbocycles. The van der Waals surface area contributed by atoms with E-state index >= 15 is 0 Å². The number of thiocarbonyl (C=S) groups is 1. The molecule has 92 valence electrons. The van der Waals surface area contributed by atoms with Crippen molar-refractivity contribution >= 4 is 29.0 Å². The fraction of sp³-hybridized carbons (Fsp3) is 0.625. The highest BCUT2D eigenvalue weighted by molar-refractivity contribution is 7.80. The molecule has 0 aromatic heterocycles. The number of aliphatic hydroxyl groups excluding tert-OH is 1. The van der Waals surface area contributed by atoms with Gasteiger partial charge in [-0.25, -0.2) is 0 Å². The molecular formula is C8H16N4O3S. The van der Waals surface area contributed by atoms with Crippen molar-refractivity contribution < 1.29 is 14.7 Å². The second-order valence-corrected chi connectivity index (χ2v) is 3.46. The highest BCUT2D eigenvalue weighted by Crippen LogP contribution is 1.84. The summed E-state index contributed by atoms with van der Waals surface area (Å²) in [5, 5.41) is 13.6. The molecule has 0 fully saturated rings. The summed E-state index contributed by atoms with van der Waals surface area (Å²) in [6.45, 7) is 0.825. The van der Waals surface area contributed by atoms with Crippen molar-refractivity contribution in [3.05, 3.63) is 0 Å². The van der Waals surface area contributed by atoms with Gasteiger partial charge in [0.05, 0.1) is 6.61 Å². The summed E-state index contributed by atoms with van der Waals surface area (Å²) in [6, 6.07) is -1.15. The van der Waals surface area contributed by atoms with E-state index < -0.39 is 11.9 Å². The Labute approximate surface area is 98.5 Å². The van der Waals surface area contributed by atoms with E-state index in [1.807, 2.05) is 0 Å². The highest BCUT2D eigenvalue weighted by Gasteiger charge is 2.16. The van der Waals surface area contributed by atoms with Crippen LogP contribution in [-0.4, -0.2) is 47.6 Å². The second kappa shape index (κ2) is 8.11. The molecule has 0 aliphatic heterocycles. The molecule has 1 atom stereocenters. The Kier molecular flexibility index (Phi) is 7.56. The summed E-state index contributed by atoms with van der Waals surface area (Å²) in [5.74, 6) is -1.14. The zero-order valence-corrected chi connectivity index (χ0v) is 9.55. The molecule has 0 aliphatic carbocycles. The van der Waals surface area contributed by atoms with Gasteiger partial charge in [0.25, 0.3) is 0 Å². The fourth-order valence-corrected chi connectivity index (χ4v) is 1.04. The number of amides is 2. The molecule has 0 rings (SSSR count). The first kappa shape index (κ1) is 14.9. The number of hydrogen-bond donors (Lipinski definition) is 5. The van der Waals surface area contributed by atoms with Gasteiger partial charge in [-0.1, -0.05) is 12.2 Å². The quantitative estimate of drug-likeness (QED) is 0.245. The average molecular weight is 248 g/mol. The largest absolute Gasteiger partial charge is 0.395 e. The molecule has 0 saturated heterocycles. The summed E-state index contributed by atoms with van der Waals surface area (Å²) in [7, 11) is 0. The SMILES string of the molecule is NC(=O)C(N)C(=S)NC(=O)CCNCCO. The summed E-state index contributed by atoms with van der Waals surface area (Å²) >= 11 is 4.71. The fourth-order valence-electron chi connectivity index (χ4n) is 0.813. The van der Waals surface area contributed by atoms with Gasteiger partial charge < -0.3 is 27.2 Å². The van der Waals surface area contributed by atoms with E-state index in [2.05, 4.69) is 10.6 Å². The third kappa shape index (κ3) is 6.40. The van der Waals surface area contributed by atoms with Gasteiger partial charge in [0.2, 0.25) is 11.8 Å². The predicted molar refractivity (Wildman–Crippen MR) is 62.5 cm³/mol. The van der Waals surface area contributed by atoms with E-state index in [0.717, 1.165) is 0 Å². The van der Waals surface area contributed by atoms with Crippen LogP contribution in [0.15, 0.2) is 0 Å². The zero-order valence-electron chi connectivity index (χ0n) is 8.73. The van der Waals surface area contributed by atoms with Crippen LogP contribution in [0.5, 0.6) is 0 Å². The molecule has 0 saturated carbocycles. The lowest BCUT2D eigenvalue weighted by molar-refractivity contribution is -0.119. The van der Waals surface area contributed by atoms with Gasteiger partial charge in [-0.2, -0.15) is 0 Å². The number of rotatable bonds is 7. The van der Waals surface area contributed by atoms with E-state index in [0.29, 0.717) is 13.1 Å². The van der Waals surface area contributed by atoms with Crippen molar-refractivity contribution in [1.82, 2.24) is 10.6 Å². The number of nitrogens with two attached hydrogens (primary N) is 2. The van der Waals surface area contributed by atoms with Crippen molar-refractivity contribution in [1.29, 1.82) is 0 Å². The van der Waals surface area contributed by atoms with E-state index in [-0.39, 0.29) is 23.9 Å². The molecule has 16 heavy (non-hydrogen) atoms. The minimum atomic E-state index is -1.15. The molecule has 7 N–H and O–H groups in total. The zero-order chi connectivity index (χ0) is 12.6. The summed E-state index contributed by atoms with van der Waals surface area (Å²) in [5.41, 5.74) is 10.2. The molecule has 7 nitrogen and oxygen atoms in total. The van der Waals surface area contributed by atoms with Gasteiger partial charge in [-0.3, -0.25) is 9.59 Å². The molecule has 0 aromatic rings. The lowest BCUT2D eigenvalue weighted by Crippen LogP contribution is -2.49. The number of carbonyl (C=O) groups excluding carboxylic acids is 2. The number of carbonyl (C=O) groups is 2. The number of hydrogen-bond acceptors (Lipinski definition) is 6. The van der Waals surface area contributed by atoms with Crippen molar-refractivity contribution in [3.63, 3.8) is 0 Å². The van der Waals surface area contributed by atoms with Crippen LogP contribution in [0.4, 0.5) is 0 Å². The van der Waals surface area contributed by atoms with Crippen LogP contribution in [0, 0.1) is 0 Å². The number of primary amides is 1. The van der Waals surface area contributed by atoms with Gasteiger partial charge in [0.15, 0.2) is 0 Å². The first-order valence-corrected chi connectivity index (χ1v) is 5.10. The van der Waals surface area contributed by atoms with Gasteiger partial charge in [0.1, 0.15) is 11.0 Å². The number of nitrogens with one attached hydrogen (secondary N) is 2. The molecule has 8 heteroatoms. The predicted octanol–water partition coefficient (Wildman–Crippen LogP) is -2.79. The molecule has 0 radical (unpaired) electrons. The average Bonchev–Trinajstić information content (AvgIpc) is 2.23. The standard InChI is InChI=1S/C8H16N4O3S/c9-6(7(10)15)8(16)12-5(14)1-2-11-3-4-13/h6,11,13H,1-4,9H2,(H2,10,15)(H,12,14,16). The lowest BCUT2D eigenvalue weighted by atomic mass is 10.3. The van der Waals surface area contributed by atoms with Gasteiger partial charge >= 0.3 is 0 Å². The first-order valence-electron chi connectivity index (χ1n) is 4.69. The molecule has 0 heterocycles. The van der Waals surface area contributed by atoms with Gasteiger partial charge in [0, 0.05) is 19.5 Å². The maximum atomic E-state index is 11.2. The Bertz CT molecular complexity index is 272. The smallest absolute Gasteiger partial charge is 0.241 e. The van der Waals surface area contributed by atoms with Crippen LogP contribution < -0.4 is 22.1 Å². The van der Waals surface area contributed by atoms with Crippen LogP contribution >= 0.6 is 12.2 Å². The molecular weight excluding hydrogens is 232 g/mol. The normalized spacial score (nSPS) is 11.9. The minimum absolute atomic E-state index is 0.00653. The Morgan fingerprint density at radius 2 is 2.00 bits per heavy atom. The highest BCUT2D eigenvalue weighted by atomic mass is 32.1. The van der Waals surface area contributed by atoms with E-state index in [9.17, 15) is 9.59 Å². The van der Waals surface area contributed by atoms with Crippen molar-refractivity contribution in [2.45, 2.75) is 12.5 Å². The van der Waals surface area contributed by atoms with Crippen LogP contribution in [0.25, 0.3) is 0 Å². The van der Waals surface area contributed by atoms with Crippen LogP contribution in [0.2, 0.25) is 0 Å². The van der Waals surface area contributed by atoms with E-state index in [4.69, 9.17) is 28.8 Å². The topological polar surface area (TPSA) is 130 Å². The third-order valence-electron chi connectivity index (χ3n) is 1.67. The second-order valence-electron chi connectivity index (χ2n) is 3.02. The minimum Gasteiger partial charge on any atom is -0.395 e. The molecule has 2 amide bonds. The lowest BCUT2D eigenvalue weighted by Gasteiger charge is -2.10. The Morgan fingerprint density at radius 1 is 1.38 bits per heavy atom. The van der Waals surface area contributed by atoms with Crippen LogP contribution in [0.1, 0.15) is 6.42 Å². The van der Waals surface area contributed by atoms with Crippen molar-refractivity contribution in [2.24, 2.45) is 11.5 Å². The van der Waals surface area contributed by atoms with Crippen LogP contribution in [0.3, 0.4) is 0 Å². The summed E-state index contributed by atoms with van der Waals surface area (Å²) in [6.07, 6.45) is 0.172. The third-order valence-corrected chi connectivity index (χ3v) is 2.03. The first-order chi connectivity index (χ1) is 7.49. The van der Waals surface area contributed by atoms with Crippen molar-refractivity contribution in [3.8, 4) is 0 Å². The van der Waals surface area contributed by atoms with Gasteiger partial charge in [-0.05, 0) is 0 Å². The summed E-state index contributed by atoms with van der Waals surface area (Å²) in [4.78, 5) is 21.8. The Balaban J connectivity index is 3.79. The molecule has 1 unspecified atom stereocenters. The Hall–Kier alpha value is -1.09. The maximum absolute atomic E-state index is 11.2. The van der Waals surface area contributed by atoms with Crippen LogP contribution in [-0.2, 0) is 9.59 Å². The van der Waals surface area contributed by atoms with E-state index in [1.54, 1.807) is 0 Å². The maximum Gasteiger partial charge on any atom is 0.241 e. The molecule has 0 aliphatic rings. The summed E-state index contributed by atoms with van der Waals surface area (Å²) < 4.78 is 0. The van der Waals surface area contributed by atoms with Gasteiger partial charge in [-0.15, -0.1) is 0 Å². The molecule has 0 bridgehead atoms. The van der Waals surface area contributed by atoms with Crippen molar-refractivity contribution in [2.75, 3.05) is 19.7 Å².